The molecular formula is C14H10BrF3O. The fraction of sp³-hybridized carbons (Fsp3) is 0.143. The van der Waals surface area contributed by atoms with E-state index in [9.17, 15) is 18.3 Å². The molecule has 0 fully saturated rings. The minimum absolute atomic E-state index is 0.174. The van der Waals surface area contributed by atoms with Crippen LogP contribution in [-0.2, 0) is 0 Å². The third-order valence-electron chi connectivity index (χ3n) is 2.85. The van der Waals surface area contributed by atoms with Crippen molar-refractivity contribution in [2.24, 2.45) is 0 Å². The van der Waals surface area contributed by atoms with Gasteiger partial charge in [-0.15, -0.1) is 0 Å². The largest absolute Gasteiger partial charge is 0.383 e. The Bertz CT molecular complexity index is 628. The van der Waals surface area contributed by atoms with Crippen molar-refractivity contribution in [3.63, 3.8) is 0 Å². The van der Waals surface area contributed by atoms with Crippen LogP contribution in [0.3, 0.4) is 0 Å². The summed E-state index contributed by atoms with van der Waals surface area (Å²) in [4.78, 5) is 0. The van der Waals surface area contributed by atoms with Crippen molar-refractivity contribution >= 4 is 15.9 Å². The summed E-state index contributed by atoms with van der Waals surface area (Å²) >= 11 is 3.07. The topological polar surface area (TPSA) is 20.2 Å². The lowest BCUT2D eigenvalue weighted by Gasteiger charge is -2.15. The lowest BCUT2D eigenvalue weighted by Crippen LogP contribution is -2.09. The molecule has 2 rings (SSSR count). The summed E-state index contributed by atoms with van der Waals surface area (Å²) in [6.45, 7) is 1.45. The van der Waals surface area contributed by atoms with Gasteiger partial charge in [0.15, 0.2) is 0 Å². The van der Waals surface area contributed by atoms with Gasteiger partial charge >= 0.3 is 0 Å². The van der Waals surface area contributed by atoms with Gasteiger partial charge in [-0.25, -0.2) is 13.2 Å². The SMILES string of the molecule is Cc1ccc(F)c(C(O)c2ccc(Br)cc2F)c1F. The Morgan fingerprint density at radius 2 is 1.74 bits per heavy atom. The predicted molar refractivity (Wildman–Crippen MR) is 69.3 cm³/mol. The number of aliphatic hydroxyl groups is 1. The zero-order valence-electron chi connectivity index (χ0n) is 9.92. The van der Waals surface area contributed by atoms with Crippen molar-refractivity contribution in [1.29, 1.82) is 0 Å². The van der Waals surface area contributed by atoms with E-state index in [1.165, 1.54) is 25.1 Å². The smallest absolute Gasteiger partial charge is 0.135 e. The molecule has 0 aromatic heterocycles. The maximum Gasteiger partial charge on any atom is 0.135 e. The summed E-state index contributed by atoms with van der Waals surface area (Å²) in [5, 5.41) is 10.0. The van der Waals surface area contributed by atoms with Gasteiger partial charge in [-0.2, -0.15) is 0 Å². The molecule has 0 amide bonds. The molecule has 0 aliphatic rings. The lowest BCUT2D eigenvalue weighted by atomic mass is 9.98. The van der Waals surface area contributed by atoms with Crippen molar-refractivity contribution in [3.05, 3.63) is 68.9 Å². The van der Waals surface area contributed by atoms with E-state index in [0.29, 0.717) is 4.47 Å². The van der Waals surface area contributed by atoms with Gasteiger partial charge in [-0.05, 0) is 30.7 Å². The van der Waals surface area contributed by atoms with Crippen LogP contribution in [0.2, 0.25) is 0 Å². The molecule has 0 aliphatic carbocycles. The van der Waals surface area contributed by atoms with Crippen LogP contribution in [0, 0.1) is 24.4 Å². The first-order chi connectivity index (χ1) is 8.91. The molecule has 0 heterocycles. The fourth-order valence-electron chi connectivity index (χ4n) is 1.81. The zero-order valence-corrected chi connectivity index (χ0v) is 11.5. The monoisotopic (exact) mass is 330 g/mol. The van der Waals surface area contributed by atoms with Crippen molar-refractivity contribution in [3.8, 4) is 0 Å². The van der Waals surface area contributed by atoms with Gasteiger partial charge in [-0.1, -0.05) is 28.1 Å². The van der Waals surface area contributed by atoms with Crippen molar-refractivity contribution in [1.82, 2.24) is 0 Å². The average molecular weight is 331 g/mol. The van der Waals surface area contributed by atoms with Gasteiger partial charge in [0.25, 0.3) is 0 Å². The van der Waals surface area contributed by atoms with Crippen molar-refractivity contribution in [2.75, 3.05) is 0 Å². The number of rotatable bonds is 2. The van der Waals surface area contributed by atoms with E-state index in [1.54, 1.807) is 0 Å². The maximum absolute atomic E-state index is 13.9. The summed E-state index contributed by atoms with van der Waals surface area (Å²) in [5.41, 5.74) is -0.527. The molecule has 0 saturated heterocycles. The van der Waals surface area contributed by atoms with Crippen LogP contribution in [0.15, 0.2) is 34.8 Å². The second-order valence-electron chi connectivity index (χ2n) is 4.16. The summed E-state index contributed by atoms with van der Waals surface area (Å²) in [6, 6.07) is 6.22. The Morgan fingerprint density at radius 1 is 1.05 bits per heavy atom. The molecule has 2 aromatic rings. The van der Waals surface area contributed by atoms with Gasteiger partial charge in [-0.3, -0.25) is 0 Å². The maximum atomic E-state index is 13.9. The Kier molecular flexibility index (Phi) is 3.96. The first kappa shape index (κ1) is 14.1. The minimum Gasteiger partial charge on any atom is -0.383 e. The standard InChI is InChI=1S/C14H10BrF3O/c1-7-2-5-10(16)12(13(7)18)14(19)9-4-3-8(15)6-11(9)17/h2-6,14,19H,1H3. The van der Waals surface area contributed by atoms with Crippen LogP contribution in [0.4, 0.5) is 13.2 Å². The van der Waals surface area contributed by atoms with E-state index in [0.717, 1.165) is 12.1 Å². The molecule has 1 nitrogen and oxygen atoms in total. The normalized spacial score (nSPS) is 12.5. The highest BCUT2D eigenvalue weighted by Crippen LogP contribution is 2.30. The Labute approximate surface area is 116 Å². The summed E-state index contributed by atoms with van der Waals surface area (Å²) in [6.07, 6.45) is -1.69. The van der Waals surface area contributed by atoms with Gasteiger partial charge in [0.2, 0.25) is 0 Å². The van der Waals surface area contributed by atoms with E-state index in [-0.39, 0.29) is 11.1 Å². The lowest BCUT2D eigenvalue weighted by molar-refractivity contribution is 0.203. The fourth-order valence-corrected chi connectivity index (χ4v) is 2.14. The molecule has 100 valence electrons. The van der Waals surface area contributed by atoms with Gasteiger partial charge < -0.3 is 5.11 Å². The Morgan fingerprint density at radius 3 is 2.37 bits per heavy atom. The second-order valence-corrected chi connectivity index (χ2v) is 5.08. The number of aliphatic hydroxyl groups excluding tert-OH is 1. The van der Waals surface area contributed by atoms with E-state index in [4.69, 9.17) is 0 Å². The second kappa shape index (κ2) is 5.35. The number of hydrogen-bond acceptors (Lipinski definition) is 1. The summed E-state index contributed by atoms with van der Waals surface area (Å²) in [5.74, 6) is -2.50. The summed E-state index contributed by atoms with van der Waals surface area (Å²) in [7, 11) is 0. The number of halogens is 4. The van der Waals surface area contributed by atoms with Gasteiger partial charge in [0, 0.05) is 10.0 Å². The van der Waals surface area contributed by atoms with Crippen molar-refractivity contribution < 1.29 is 18.3 Å². The van der Waals surface area contributed by atoms with E-state index in [1.807, 2.05) is 0 Å². The third-order valence-corrected chi connectivity index (χ3v) is 3.34. The molecular weight excluding hydrogens is 321 g/mol. The zero-order chi connectivity index (χ0) is 14.2. The quantitative estimate of drug-likeness (QED) is 0.872. The van der Waals surface area contributed by atoms with Crippen LogP contribution in [0.5, 0.6) is 0 Å². The third kappa shape index (κ3) is 2.67. The molecule has 5 heteroatoms. The minimum atomic E-state index is -1.69. The molecule has 0 aliphatic heterocycles. The highest BCUT2D eigenvalue weighted by Gasteiger charge is 2.23. The van der Waals surface area contributed by atoms with Gasteiger partial charge in [0.1, 0.15) is 23.6 Å². The highest BCUT2D eigenvalue weighted by atomic mass is 79.9. The molecule has 1 N–H and O–H groups in total. The van der Waals surface area contributed by atoms with Crippen LogP contribution in [0.1, 0.15) is 22.8 Å². The summed E-state index contributed by atoms with van der Waals surface area (Å²) < 4.78 is 41.7. The predicted octanol–water partition coefficient (Wildman–Crippen LogP) is 4.26. The molecule has 0 saturated carbocycles. The molecule has 2 aromatic carbocycles. The first-order valence-corrected chi connectivity index (χ1v) is 6.28. The molecule has 1 unspecified atom stereocenters. The molecule has 0 bridgehead atoms. The number of hydrogen-bond donors (Lipinski definition) is 1. The number of benzene rings is 2. The molecule has 1 atom stereocenters. The number of aryl methyl sites for hydroxylation is 1. The van der Waals surface area contributed by atoms with Crippen LogP contribution >= 0.6 is 15.9 Å². The van der Waals surface area contributed by atoms with Crippen LogP contribution in [0.25, 0.3) is 0 Å². The van der Waals surface area contributed by atoms with Crippen molar-refractivity contribution in [2.45, 2.75) is 13.0 Å². The first-order valence-electron chi connectivity index (χ1n) is 5.49. The Hall–Kier alpha value is -1.33. The highest BCUT2D eigenvalue weighted by molar-refractivity contribution is 9.10. The van der Waals surface area contributed by atoms with E-state index >= 15 is 0 Å². The molecule has 19 heavy (non-hydrogen) atoms. The molecule has 0 spiro atoms. The van der Waals surface area contributed by atoms with Crippen LogP contribution in [-0.4, -0.2) is 5.11 Å². The molecule has 0 radical (unpaired) electrons. The van der Waals surface area contributed by atoms with E-state index in [2.05, 4.69) is 15.9 Å². The van der Waals surface area contributed by atoms with Crippen LogP contribution < -0.4 is 0 Å². The average Bonchev–Trinajstić information content (AvgIpc) is 2.34. The Balaban J connectivity index is 2.56. The van der Waals surface area contributed by atoms with Gasteiger partial charge in [0.05, 0.1) is 5.56 Å². The van der Waals surface area contributed by atoms with E-state index < -0.39 is 29.1 Å².